The molecule has 0 saturated heterocycles. The summed E-state index contributed by atoms with van der Waals surface area (Å²) in [6, 6.07) is 13.2. The number of thiophene rings is 2. The van der Waals surface area contributed by atoms with E-state index in [0.29, 0.717) is 0 Å². The highest BCUT2D eigenvalue weighted by atomic mass is 32.1. The molecule has 3 aromatic rings. The predicted molar refractivity (Wildman–Crippen MR) is 136 cm³/mol. The monoisotopic (exact) mass is 431 g/mol. The molecule has 30 heavy (non-hydrogen) atoms. The number of rotatable bonds is 7. The Kier molecular flexibility index (Phi) is 7.87. The van der Waals surface area contributed by atoms with Crippen LogP contribution in [0.3, 0.4) is 0 Å². The van der Waals surface area contributed by atoms with Gasteiger partial charge in [-0.2, -0.15) is 11.3 Å². The highest BCUT2D eigenvalue weighted by molar-refractivity contribution is 7.11. The van der Waals surface area contributed by atoms with Crippen LogP contribution < -0.4 is 0 Å². The van der Waals surface area contributed by atoms with E-state index in [0.717, 1.165) is 13.1 Å². The van der Waals surface area contributed by atoms with Crippen molar-refractivity contribution in [2.24, 2.45) is 5.41 Å². The quantitative estimate of drug-likeness (QED) is 0.347. The van der Waals surface area contributed by atoms with Crippen molar-refractivity contribution in [3.05, 3.63) is 80.7 Å². The summed E-state index contributed by atoms with van der Waals surface area (Å²) in [5.74, 6) is 6.36. The molecule has 0 aliphatic heterocycles. The standard InChI is InChI=1S/C27H29NS2/c1-27(2,3)14-6-5-7-15-28(4)19-23-10-8-9-22(17-23)11-12-26-18-25(21-30-26)24-13-16-29-20-24/h5,7-13,16-18,20-21H,15,19H2,1-4H3/b7-5+,12-11+. The maximum absolute atomic E-state index is 3.23. The second-order valence-electron chi connectivity index (χ2n) is 8.45. The van der Waals surface area contributed by atoms with Gasteiger partial charge in [0.15, 0.2) is 0 Å². The molecule has 154 valence electrons. The molecule has 0 atom stereocenters. The van der Waals surface area contributed by atoms with Gasteiger partial charge >= 0.3 is 0 Å². The molecule has 0 unspecified atom stereocenters. The minimum Gasteiger partial charge on any atom is -0.298 e. The van der Waals surface area contributed by atoms with E-state index >= 15 is 0 Å². The molecule has 0 N–H and O–H groups in total. The summed E-state index contributed by atoms with van der Waals surface area (Å²) in [5, 5.41) is 6.55. The van der Waals surface area contributed by atoms with Crippen molar-refractivity contribution in [3.8, 4) is 23.0 Å². The van der Waals surface area contributed by atoms with Gasteiger partial charge in [-0.3, -0.25) is 4.90 Å². The van der Waals surface area contributed by atoms with Crippen molar-refractivity contribution in [2.45, 2.75) is 27.3 Å². The number of hydrogen-bond donors (Lipinski definition) is 0. The van der Waals surface area contributed by atoms with E-state index in [-0.39, 0.29) is 5.41 Å². The highest BCUT2D eigenvalue weighted by Crippen LogP contribution is 2.28. The molecule has 1 nitrogen and oxygen atoms in total. The van der Waals surface area contributed by atoms with Crippen LogP contribution in [-0.2, 0) is 6.54 Å². The molecule has 2 heterocycles. The Hall–Kier alpha value is -2.38. The Labute approximate surface area is 189 Å². The van der Waals surface area contributed by atoms with Crippen LogP contribution in [0.4, 0.5) is 0 Å². The molecule has 0 spiro atoms. The first-order valence-corrected chi connectivity index (χ1v) is 12.0. The third-order valence-electron chi connectivity index (χ3n) is 4.38. The van der Waals surface area contributed by atoms with Gasteiger partial charge in [0.25, 0.3) is 0 Å². The first-order chi connectivity index (χ1) is 14.4. The summed E-state index contributed by atoms with van der Waals surface area (Å²) in [6.07, 6.45) is 8.51. The molecule has 3 heteroatoms. The average Bonchev–Trinajstić information content (AvgIpc) is 3.37. The van der Waals surface area contributed by atoms with E-state index in [1.165, 1.54) is 27.1 Å². The smallest absolute Gasteiger partial charge is 0.0276 e. The maximum Gasteiger partial charge on any atom is 0.0276 e. The number of nitrogens with zero attached hydrogens (tertiary/aromatic N) is 1. The van der Waals surface area contributed by atoms with E-state index < -0.39 is 0 Å². The first-order valence-electron chi connectivity index (χ1n) is 10.1. The molecule has 0 bridgehead atoms. The predicted octanol–water partition coefficient (Wildman–Crippen LogP) is 7.68. The van der Waals surface area contributed by atoms with Gasteiger partial charge in [-0.15, -0.1) is 11.3 Å². The fraction of sp³-hybridized carbons (Fsp3) is 0.259. The summed E-state index contributed by atoms with van der Waals surface area (Å²) in [5.41, 5.74) is 5.21. The van der Waals surface area contributed by atoms with Crippen molar-refractivity contribution in [1.82, 2.24) is 4.90 Å². The van der Waals surface area contributed by atoms with Gasteiger partial charge in [-0.25, -0.2) is 0 Å². The Morgan fingerprint density at radius 3 is 2.67 bits per heavy atom. The minimum absolute atomic E-state index is 0.0543. The van der Waals surface area contributed by atoms with Crippen molar-refractivity contribution in [1.29, 1.82) is 0 Å². The average molecular weight is 432 g/mol. The van der Waals surface area contributed by atoms with Gasteiger partial charge in [0.1, 0.15) is 0 Å². The molecule has 0 radical (unpaired) electrons. The lowest BCUT2D eigenvalue weighted by Gasteiger charge is -2.14. The van der Waals surface area contributed by atoms with Crippen molar-refractivity contribution >= 4 is 34.8 Å². The van der Waals surface area contributed by atoms with E-state index in [1.54, 1.807) is 22.7 Å². The molecular formula is C27H29NS2. The van der Waals surface area contributed by atoms with Crippen LogP contribution in [0, 0.1) is 17.3 Å². The summed E-state index contributed by atoms with van der Waals surface area (Å²) in [7, 11) is 2.14. The molecule has 1 aromatic carbocycles. The van der Waals surface area contributed by atoms with Crippen LogP contribution >= 0.6 is 22.7 Å². The Bertz CT molecular complexity index is 1050. The highest BCUT2D eigenvalue weighted by Gasteiger charge is 2.03. The summed E-state index contributed by atoms with van der Waals surface area (Å²) in [6.45, 7) is 8.19. The first kappa shape index (κ1) is 22.3. The van der Waals surface area contributed by atoms with Gasteiger partial charge in [0, 0.05) is 23.4 Å². The summed E-state index contributed by atoms with van der Waals surface area (Å²) in [4.78, 5) is 3.57. The van der Waals surface area contributed by atoms with Crippen LogP contribution in [0.5, 0.6) is 0 Å². The van der Waals surface area contributed by atoms with Gasteiger partial charge in [0.2, 0.25) is 0 Å². The van der Waals surface area contributed by atoms with E-state index in [1.807, 2.05) is 6.08 Å². The lowest BCUT2D eigenvalue weighted by molar-refractivity contribution is 0.363. The number of likely N-dealkylation sites (N-methyl/N-ethyl adjacent to an activating group) is 1. The van der Waals surface area contributed by atoms with Crippen molar-refractivity contribution < 1.29 is 0 Å². The molecule has 0 amide bonds. The van der Waals surface area contributed by atoms with Gasteiger partial charge in [-0.05, 0) is 90.5 Å². The SMILES string of the molecule is CN(C/C=C/C#CC(C)(C)C)Cc1cccc(/C=C/c2cc(-c3ccsc3)cs2)c1. The van der Waals surface area contributed by atoms with Crippen LogP contribution in [-0.4, -0.2) is 18.5 Å². The summed E-state index contributed by atoms with van der Waals surface area (Å²) < 4.78 is 0. The fourth-order valence-corrected chi connectivity index (χ4v) is 4.39. The number of benzene rings is 1. The molecule has 2 aromatic heterocycles. The molecule has 0 aliphatic rings. The van der Waals surface area contributed by atoms with E-state index in [2.05, 4.69) is 115 Å². The maximum atomic E-state index is 3.23. The van der Waals surface area contributed by atoms with Gasteiger partial charge in [-0.1, -0.05) is 48.3 Å². The second kappa shape index (κ2) is 10.6. The van der Waals surface area contributed by atoms with Crippen molar-refractivity contribution in [3.63, 3.8) is 0 Å². The molecule has 3 rings (SSSR count). The molecule has 0 aliphatic carbocycles. The lowest BCUT2D eigenvalue weighted by Crippen LogP contribution is -2.17. The second-order valence-corrected chi connectivity index (χ2v) is 10.2. The zero-order chi connectivity index (χ0) is 21.4. The molecule has 0 fully saturated rings. The number of hydrogen-bond acceptors (Lipinski definition) is 3. The summed E-state index contributed by atoms with van der Waals surface area (Å²) >= 11 is 3.53. The zero-order valence-electron chi connectivity index (χ0n) is 18.2. The van der Waals surface area contributed by atoms with E-state index in [4.69, 9.17) is 0 Å². The third-order valence-corrected chi connectivity index (χ3v) is 5.96. The largest absolute Gasteiger partial charge is 0.298 e. The topological polar surface area (TPSA) is 3.24 Å². The molecular weight excluding hydrogens is 402 g/mol. The normalized spacial score (nSPS) is 12.0. The third kappa shape index (κ3) is 7.46. The van der Waals surface area contributed by atoms with Crippen LogP contribution in [0.1, 0.15) is 36.8 Å². The van der Waals surface area contributed by atoms with Crippen LogP contribution in [0.25, 0.3) is 23.3 Å². The minimum atomic E-state index is 0.0543. The fourth-order valence-electron chi connectivity index (χ4n) is 2.92. The van der Waals surface area contributed by atoms with Crippen molar-refractivity contribution in [2.75, 3.05) is 13.6 Å². The Morgan fingerprint density at radius 2 is 1.90 bits per heavy atom. The Morgan fingerprint density at radius 1 is 1.03 bits per heavy atom. The van der Waals surface area contributed by atoms with E-state index in [9.17, 15) is 0 Å². The van der Waals surface area contributed by atoms with Gasteiger partial charge < -0.3 is 0 Å². The van der Waals surface area contributed by atoms with Crippen LogP contribution in [0.15, 0.2) is 64.7 Å². The van der Waals surface area contributed by atoms with Crippen LogP contribution in [0.2, 0.25) is 0 Å². The zero-order valence-corrected chi connectivity index (χ0v) is 19.8. The lowest BCUT2D eigenvalue weighted by atomic mass is 9.98. The number of allylic oxidation sites excluding steroid dienone is 1. The Balaban J connectivity index is 1.56. The van der Waals surface area contributed by atoms with Gasteiger partial charge in [0.05, 0.1) is 0 Å². The molecule has 0 saturated carbocycles.